The van der Waals surface area contributed by atoms with Crippen LogP contribution in [0.1, 0.15) is 36.8 Å². The van der Waals surface area contributed by atoms with Crippen molar-refractivity contribution in [3.8, 4) is 5.75 Å². The molecule has 2 aromatic carbocycles. The molecule has 3 rings (SSSR count). The maximum atomic E-state index is 11.9. The number of aryl methyl sites for hydroxylation is 2. The van der Waals surface area contributed by atoms with Gasteiger partial charge >= 0.3 is 0 Å². The minimum Gasteiger partial charge on any atom is -0.484 e. The zero-order chi connectivity index (χ0) is 18.9. The topological polar surface area (TPSA) is 41.6 Å². The van der Waals surface area contributed by atoms with Gasteiger partial charge in [-0.05, 0) is 74.4 Å². The summed E-state index contributed by atoms with van der Waals surface area (Å²) in [5, 5.41) is 2.93. The van der Waals surface area contributed by atoms with Crippen molar-refractivity contribution in [2.45, 2.75) is 39.0 Å². The van der Waals surface area contributed by atoms with Crippen LogP contribution in [0.2, 0.25) is 0 Å². The molecule has 1 amide bonds. The monoisotopic (exact) mass is 366 g/mol. The van der Waals surface area contributed by atoms with Gasteiger partial charge in [-0.1, -0.05) is 24.3 Å². The first-order chi connectivity index (χ1) is 13.2. The molecule has 0 aliphatic carbocycles. The van der Waals surface area contributed by atoms with Crippen LogP contribution in [-0.2, 0) is 11.2 Å². The predicted octanol–water partition coefficient (Wildman–Crippen LogP) is 4.11. The zero-order valence-electron chi connectivity index (χ0n) is 16.2. The van der Waals surface area contributed by atoms with Crippen LogP contribution < -0.4 is 15.0 Å². The number of hydrogen-bond donors (Lipinski definition) is 1. The lowest BCUT2D eigenvalue weighted by molar-refractivity contribution is -0.123. The average Bonchev–Trinajstić information content (AvgIpc) is 2.71. The number of nitrogens with one attached hydrogen (secondary N) is 1. The van der Waals surface area contributed by atoms with Crippen molar-refractivity contribution in [2.24, 2.45) is 0 Å². The van der Waals surface area contributed by atoms with Gasteiger partial charge in [0.25, 0.3) is 5.91 Å². The van der Waals surface area contributed by atoms with Crippen molar-refractivity contribution in [3.63, 3.8) is 0 Å². The van der Waals surface area contributed by atoms with E-state index in [1.165, 1.54) is 43.6 Å². The van der Waals surface area contributed by atoms with Gasteiger partial charge in [-0.25, -0.2) is 0 Å². The molecule has 27 heavy (non-hydrogen) atoms. The van der Waals surface area contributed by atoms with Crippen LogP contribution in [0.15, 0.2) is 48.5 Å². The third kappa shape index (κ3) is 6.31. The summed E-state index contributed by atoms with van der Waals surface area (Å²) in [6, 6.07) is 16.6. The van der Waals surface area contributed by atoms with Gasteiger partial charge in [0.15, 0.2) is 6.61 Å². The first-order valence-electron chi connectivity index (χ1n) is 10.0. The van der Waals surface area contributed by atoms with Gasteiger partial charge in [0.2, 0.25) is 0 Å². The molecule has 4 heteroatoms. The Labute approximate surface area is 162 Å². The van der Waals surface area contributed by atoms with Gasteiger partial charge in [-0.15, -0.1) is 0 Å². The highest BCUT2D eigenvalue weighted by molar-refractivity contribution is 5.77. The molecule has 144 valence electrons. The van der Waals surface area contributed by atoms with Crippen LogP contribution in [0.5, 0.6) is 5.75 Å². The summed E-state index contributed by atoms with van der Waals surface area (Å²) in [6.45, 7) is 5.09. The van der Waals surface area contributed by atoms with Crippen molar-refractivity contribution < 1.29 is 9.53 Å². The smallest absolute Gasteiger partial charge is 0.257 e. The van der Waals surface area contributed by atoms with E-state index in [0.717, 1.165) is 24.2 Å². The van der Waals surface area contributed by atoms with Gasteiger partial charge < -0.3 is 15.0 Å². The number of ether oxygens (including phenoxy) is 1. The number of piperidine rings is 1. The molecule has 1 aliphatic rings. The van der Waals surface area contributed by atoms with Crippen LogP contribution in [0.25, 0.3) is 0 Å². The Hall–Kier alpha value is -2.49. The Bertz CT molecular complexity index is 721. The number of carbonyl (C=O) groups excluding carboxylic acids is 1. The maximum absolute atomic E-state index is 11.9. The SMILES string of the molecule is Cc1cccc(OCC(=O)NCCCc2ccc(N3CCCCC3)cc2)c1. The Morgan fingerprint density at radius 2 is 1.85 bits per heavy atom. The van der Waals surface area contributed by atoms with E-state index in [0.29, 0.717) is 6.54 Å². The summed E-state index contributed by atoms with van der Waals surface area (Å²) in [7, 11) is 0. The van der Waals surface area contributed by atoms with E-state index < -0.39 is 0 Å². The fourth-order valence-electron chi connectivity index (χ4n) is 3.45. The largest absolute Gasteiger partial charge is 0.484 e. The molecule has 0 radical (unpaired) electrons. The standard InChI is InChI=1S/C23H30N2O2/c1-19-7-5-9-22(17-19)27-18-23(26)24-14-6-8-20-10-12-21(13-11-20)25-15-3-2-4-16-25/h5,7,9-13,17H,2-4,6,8,14-16,18H2,1H3,(H,24,26). The lowest BCUT2D eigenvalue weighted by Crippen LogP contribution is -2.30. The summed E-state index contributed by atoms with van der Waals surface area (Å²) in [4.78, 5) is 14.4. The molecule has 4 nitrogen and oxygen atoms in total. The van der Waals surface area contributed by atoms with E-state index in [-0.39, 0.29) is 12.5 Å². The van der Waals surface area contributed by atoms with Crippen molar-refractivity contribution in [3.05, 3.63) is 59.7 Å². The number of amides is 1. The Balaban J connectivity index is 1.33. The number of carbonyl (C=O) groups is 1. The summed E-state index contributed by atoms with van der Waals surface area (Å²) in [6.07, 6.45) is 5.86. The highest BCUT2D eigenvalue weighted by Gasteiger charge is 2.10. The molecule has 0 unspecified atom stereocenters. The second kappa shape index (κ2) is 10.0. The van der Waals surface area contributed by atoms with E-state index >= 15 is 0 Å². The van der Waals surface area contributed by atoms with Crippen LogP contribution >= 0.6 is 0 Å². The first-order valence-corrected chi connectivity index (χ1v) is 10.0. The molecule has 1 saturated heterocycles. The molecule has 0 bridgehead atoms. The van der Waals surface area contributed by atoms with Crippen molar-refractivity contribution in [2.75, 3.05) is 31.1 Å². The number of benzene rings is 2. The molecule has 0 atom stereocenters. The van der Waals surface area contributed by atoms with Gasteiger partial charge in [0.1, 0.15) is 5.75 Å². The predicted molar refractivity (Wildman–Crippen MR) is 111 cm³/mol. The molecule has 1 fully saturated rings. The highest BCUT2D eigenvalue weighted by Crippen LogP contribution is 2.20. The van der Waals surface area contributed by atoms with Gasteiger partial charge in [0, 0.05) is 25.3 Å². The van der Waals surface area contributed by atoms with Crippen molar-refractivity contribution >= 4 is 11.6 Å². The number of anilines is 1. The second-order valence-electron chi connectivity index (χ2n) is 7.27. The molecule has 0 saturated carbocycles. The fraction of sp³-hybridized carbons (Fsp3) is 0.435. The zero-order valence-corrected chi connectivity index (χ0v) is 16.2. The number of hydrogen-bond acceptors (Lipinski definition) is 3. The first kappa shape index (κ1) is 19.3. The van der Waals surface area contributed by atoms with Gasteiger partial charge in [-0.3, -0.25) is 4.79 Å². The van der Waals surface area contributed by atoms with E-state index in [1.807, 2.05) is 31.2 Å². The molecule has 1 N–H and O–H groups in total. The minimum absolute atomic E-state index is 0.0635. The molecule has 0 spiro atoms. The van der Waals surface area contributed by atoms with Crippen LogP contribution in [0, 0.1) is 6.92 Å². The average molecular weight is 367 g/mol. The second-order valence-corrected chi connectivity index (χ2v) is 7.27. The highest BCUT2D eigenvalue weighted by atomic mass is 16.5. The van der Waals surface area contributed by atoms with E-state index in [2.05, 4.69) is 34.5 Å². The third-order valence-corrected chi connectivity index (χ3v) is 4.98. The van der Waals surface area contributed by atoms with Crippen LogP contribution in [0.3, 0.4) is 0 Å². The van der Waals surface area contributed by atoms with Crippen LogP contribution in [-0.4, -0.2) is 32.1 Å². The Kier molecular flexibility index (Phi) is 7.14. The molecular weight excluding hydrogens is 336 g/mol. The molecule has 0 aromatic heterocycles. The summed E-state index contributed by atoms with van der Waals surface area (Å²) in [5.74, 6) is 0.663. The van der Waals surface area contributed by atoms with Crippen LogP contribution in [0.4, 0.5) is 5.69 Å². The van der Waals surface area contributed by atoms with E-state index in [1.54, 1.807) is 0 Å². The molecular formula is C23H30N2O2. The Morgan fingerprint density at radius 3 is 2.59 bits per heavy atom. The Morgan fingerprint density at radius 1 is 1.07 bits per heavy atom. The van der Waals surface area contributed by atoms with Crippen molar-refractivity contribution in [1.82, 2.24) is 5.32 Å². The number of nitrogens with zero attached hydrogens (tertiary/aromatic N) is 1. The normalized spacial score (nSPS) is 14.0. The number of rotatable bonds is 8. The van der Waals surface area contributed by atoms with E-state index in [9.17, 15) is 4.79 Å². The summed E-state index contributed by atoms with van der Waals surface area (Å²) in [5.41, 5.74) is 3.78. The summed E-state index contributed by atoms with van der Waals surface area (Å²) >= 11 is 0. The molecule has 2 aromatic rings. The van der Waals surface area contributed by atoms with E-state index in [4.69, 9.17) is 4.74 Å². The fourth-order valence-corrected chi connectivity index (χ4v) is 3.45. The van der Waals surface area contributed by atoms with Crippen molar-refractivity contribution in [1.29, 1.82) is 0 Å². The quantitative estimate of drug-likeness (QED) is 0.715. The lowest BCUT2D eigenvalue weighted by Gasteiger charge is -2.28. The lowest BCUT2D eigenvalue weighted by atomic mass is 10.1. The maximum Gasteiger partial charge on any atom is 0.257 e. The van der Waals surface area contributed by atoms with Gasteiger partial charge in [0.05, 0.1) is 0 Å². The van der Waals surface area contributed by atoms with Gasteiger partial charge in [-0.2, -0.15) is 0 Å². The minimum atomic E-state index is -0.0723. The molecule has 1 heterocycles. The molecule has 1 aliphatic heterocycles. The summed E-state index contributed by atoms with van der Waals surface area (Å²) < 4.78 is 5.52. The third-order valence-electron chi connectivity index (χ3n) is 4.98.